The van der Waals surface area contributed by atoms with Crippen LogP contribution in [0.3, 0.4) is 0 Å². The number of alkyl halides is 17. The average Bonchev–Trinajstić information content (AvgIpc) is 2.69. The van der Waals surface area contributed by atoms with Gasteiger partial charge in [-0.15, -0.1) is 0 Å². The van der Waals surface area contributed by atoms with Crippen LogP contribution in [0.1, 0.15) is 12.8 Å². The highest BCUT2D eigenvalue weighted by molar-refractivity contribution is 5.96. The standard InChI is InChI=1S/C15H11F17N2O2/c1-33-4-2-6(35)34(7(33)36)5-3-8(16,17)9(18,19)10(20,21)11(22,23)12(24,25)13(26,27)14(28,29)15(30,31)32/h2-5H2,1H3. The molecule has 0 aromatic rings. The minimum Gasteiger partial charge on any atom is -0.327 e. The smallest absolute Gasteiger partial charge is 0.327 e. The fourth-order valence-corrected chi connectivity index (χ4v) is 2.63. The molecule has 0 aromatic heterocycles. The van der Waals surface area contributed by atoms with Crippen molar-refractivity contribution in [3.8, 4) is 0 Å². The fraction of sp³-hybridized carbons (Fsp3) is 0.867. The highest BCUT2D eigenvalue weighted by Crippen LogP contribution is 2.64. The zero-order valence-corrected chi connectivity index (χ0v) is 17.0. The molecule has 0 spiro atoms. The van der Waals surface area contributed by atoms with E-state index in [1.165, 1.54) is 0 Å². The quantitative estimate of drug-likeness (QED) is 0.333. The number of rotatable bonds is 9. The third kappa shape index (κ3) is 4.28. The minimum atomic E-state index is -8.70. The Labute approximate surface area is 187 Å². The van der Waals surface area contributed by atoms with Crippen LogP contribution in [0, 0.1) is 0 Å². The van der Waals surface area contributed by atoms with Crippen LogP contribution < -0.4 is 0 Å². The maximum absolute atomic E-state index is 13.9. The monoisotopic (exact) mass is 574 g/mol. The molecule has 0 bridgehead atoms. The van der Waals surface area contributed by atoms with Gasteiger partial charge in [0.05, 0.1) is 0 Å². The van der Waals surface area contributed by atoms with Gasteiger partial charge in [0.25, 0.3) is 0 Å². The molecule has 36 heavy (non-hydrogen) atoms. The lowest BCUT2D eigenvalue weighted by Gasteiger charge is -2.43. The molecular weight excluding hydrogens is 563 g/mol. The minimum absolute atomic E-state index is 0.267. The van der Waals surface area contributed by atoms with E-state index in [1.807, 2.05) is 0 Å². The Morgan fingerprint density at radius 1 is 0.611 bits per heavy atom. The molecule has 1 rings (SSSR count). The Balaban J connectivity index is 3.44. The van der Waals surface area contributed by atoms with E-state index >= 15 is 0 Å². The molecule has 0 aliphatic carbocycles. The number of urea groups is 1. The van der Waals surface area contributed by atoms with E-state index in [4.69, 9.17) is 0 Å². The number of carbonyl (C=O) groups excluding carboxylic acids is 2. The number of halogens is 17. The number of nitrogens with zero attached hydrogens (tertiary/aromatic N) is 2. The van der Waals surface area contributed by atoms with Gasteiger partial charge in [-0.05, 0) is 0 Å². The molecule has 0 saturated carbocycles. The normalized spacial score (nSPS) is 18.3. The molecule has 1 aliphatic heterocycles. The molecule has 0 unspecified atom stereocenters. The predicted molar refractivity (Wildman–Crippen MR) is 79.7 cm³/mol. The highest BCUT2D eigenvalue weighted by atomic mass is 19.4. The summed E-state index contributed by atoms with van der Waals surface area (Å²) in [5.74, 6) is -58.4. The van der Waals surface area contributed by atoms with Crippen LogP contribution in [0.2, 0.25) is 0 Å². The SMILES string of the molecule is CN1CCC(=O)N(CCC(F)(F)C(F)(F)C(F)(F)C(F)(F)C(F)(F)C(F)(F)C(F)(F)C(F)(F)F)C1=O. The van der Waals surface area contributed by atoms with Crippen molar-refractivity contribution in [2.75, 3.05) is 20.1 Å². The van der Waals surface area contributed by atoms with Gasteiger partial charge in [0.2, 0.25) is 5.91 Å². The topological polar surface area (TPSA) is 40.6 Å². The summed E-state index contributed by atoms with van der Waals surface area (Å²) in [4.78, 5) is 23.5. The van der Waals surface area contributed by atoms with Gasteiger partial charge in [-0.25, -0.2) is 4.79 Å². The molecule has 1 fully saturated rings. The molecular formula is C15H11F17N2O2. The first-order valence-electron chi connectivity index (χ1n) is 8.83. The molecule has 3 amide bonds. The number of amides is 3. The lowest BCUT2D eigenvalue weighted by Crippen LogP contribution is -2.74. The summed E-state index contributed by atoms with van der Waals surface area (Å²) in [5, 5.41) is 0. The molecule has 1 aliphatic rings. The molecule has 0 radical (unpaired) electrons. The molecule has 1 saturated heterocycles. The summed E-state index contributed by atoms with van der Waals surface area (Å²) in [6.45, 7) is -2.28. The second kappa shape index (κ2) is 8.66. The Kier molecular flexibility index (Phi) is 7.64. The van der Waals surface area contributed by atoms with Crippen molar-refractivity contribution in [1.82, 2.24) is 9.80 Å². The Morgan fingerprint density at radius 2 is 0.972 bits per heavy atom. The van der Waals surface area contributed by atoms with E-state index in [0.717, 1.165) is 7.05 Å². The maximum Gasteiger partial charge on any atom is 0.460 e. The Morgan fingerprint density at radius 3 is 1.36 bits per heavy atom. The van der Waals surface area contributed by atoms with Crippen LogP contribution in [0.5, 0.6) is 0 Å². The first-order chi connectivity index (χ1) is 15.6. The van der Waals surface area contributed by atoms with E-state index < -0.39 is 79.0 Å². The third-order valence-electron chi connectivity index (χ3n) is 4.96. The Hall–Kier alpha value is -2.25. The number of carbonyl (C=O) groups is 2. The summed E-state index contributed by atoms with van der Waals surface area (Å²) in [5.41, 5.74) is 0. The van der Waals surface area contributed by atoms with Crippen LogP contribution in [0.15, 0.2) is 0 Å². The van der Waals surface area contributed by atoms with Gasteiger partial charge in [0.15, 0.2) is 0 Å². The second-order valence-corrected chi connectivity index (χ2v) is 7.40. The zero-order chi connectivity index (χ0) is 29.1. The van der Waals surface area contributed by atoms with E-state index in [2.05, 4.69) is 0 Å². The van der Waals surface area contributed by atoms with Crippen LogP contribution in [0.25, 0.3) is 0 Å². The first kappa shape index (κ1) is 31.8. The van der Waals surface area contributed by atoms with Crippen molar-refractivity contribution in [2.45, 2.75) is 60.5 Å². The lowest BCUT2D eigenvalue weighted by atomic mass is 9.88. The van der Waals surface area contributed by atoms with Gasteiger partial charge in [-0.2, -0.15) is 74.6 Å². The van der Waals surface area contributed by atoms with Crippen molar-refractivity contribution in [1.29, 1.82) is 0 Å². The van der Waals surface area contributed by atoms with Crippen LogP contribution in [-0.2, 0) is 4.79 Å². The van der Waals surface area contributed by atoms with E-state index in [-0.39, 0.29) is 11.4 Å². The Bertz CT molecular complexity index is 867. The van der Waals surface area contributed by atoms with Crippen molar-refractivity contribution < 1.29 is 84.2 Å². The molecule has 4 nitrogen and oxygen atoms in total. The molecule has 0 aromatic carbocycles. The van der Waals surface area contributed by atoms with Crippen molar-refractivity contribution in [3.63, 3.8) is 0 Å². The zero-order valence-electron chi connectivity index (χ0n) is 17.0. The van der Waals surface area contributed by atoms with E-state index in [0.29, 0.717) is 4.90 Å². The van der Waals surface area contributed by atoms with Gasteiger partial charge in [-0.1, -0.05) is 0 Å². The lowest BCUT2D eigenvalue weighted by molar-refractivity contribution is -0.461. The largest absolute Gasteiger partial charge is 0.460 e. The summed E-state index contributed by atoms with van der Waals surface area (Å²) < 4.78 is 224. The second-order valence-electron chi connectivity index (χ2n) is 7.40. The molecule has 212 valence electrons. The van der Waals surface area contributed by atoms with E-state index in [9.17, 15) is 84.2 Å². The fourth-order valence-electron chi connectivity index (χ4n) is 2.63. The molecule has 0 N–H and O–H groups in total. The summed E-state index contributed by atoms with van der Waals surface area (Å²) in [6.07, 6.45) is -11.3. The molecule has 0 atom stereocenters. The summed E-state index contributed by atoms with van der Waals surface area (Å²) in [7, 11) is 0.933. The molecule has 1 heterocycles. The van der Waals surface area contributed by atoms with Gasteiger partial charge in [0.1, 0.15) is 0 Å². The van der Waals surface area contributed by atoms with Crippen molar-refractivity contribution >= 4 is 11.9 Å². The number of imide groups is 1. The van der Waals surface area contributed by atoms with E-state index in [1.54, 1.807) is 0 Å². The highest BCUT2D eigenvalue weighted by Gasteiger charge is 2.95. The first-order valence-corrected chi connectivity index (χ1v) is 8.83. The maximum atomic E-state index is 13.9. The van der Waals surface area contributed by atoms with Crippen LogP contribution in [-0.4, -0.2) is 89.5 Å². The van der Waals surface area contributed by atoms with Crippen LogP contribution in [0.4, 0.5) is 79.4 Å². The number of hydrogen-bond donors (Lipinski definition) is 0. The molecule has 21 heteroatoms. The van der Waals surface area contributed by atoms with Crippen molar-refractivity contribution in [3.05, 3.63) is 0 Å². The van der Waals surface area contributed by atoms with Crippen molar-refractivity contribution in [2.24, 2.45) is 0 Å². The predicted octanol–water partition coefficient (Wildman–Crippen LogP) is 5.67. The van der Waals surface area contributed by atoms with Gasteiger partial charge in [-0.3, -0.25) is 9.69 Å². The van der Waals surface area contributed by atoms with Gasteiger partial charge >= 0.3 is 53.7 Å². The third-order valence-corrected chi connectivity index (χ3v) is 4.96. The summed E-state index contributed by atoms with van der Waals surface area (Å²) >= 11 is 0. The average molecular weight is 574 g/mol. The van der Waals surface area contributed by atoms with Gasteiger partial charge in [0, 0.05) is 33.0 Å². The summed E-state index contributed by atoms with van der Waals surface area (Å²) in [6, 6.07) is -1.48. The number of hydrogen-bond acceptors (Lipinski definition) is 2. The van der Waals surface area contributed by atoms with Crippen LogP contribution >= 0.6 is 0 Å². The van der Waals surface area contributed by atoms with Gasteiger partial charge < -0.3 is 4.90 Å².